The van der Waals surface area contributed by atoms with Crippen molar-refractivity contribution in [3.63, 3.8) is 0 Å². The standard InChI is InChI=1S/C6H13NO.C2H3N3S2.ClH/c7-5-3-1-2-4-6(5)8;3-1-4-5-2(6)7-1;/h5-6,8H,1-4,7H2;(H2,3,4)(H,5,6);1H. The van der Waals surface area contributed by atoms with Gasteiger partial charge in [0.15, 0.2) is 4.34 Å². The highest BCUT2D eigenvalue weighted by atomic mass is 35.5. The molecule has 0 radical (unpaired) electrons. The van der Waals surface area contributed by atoms with Crippen molar-refractivity contribution < 1.29 is 5.11 Å². The fourth-order valence-corrected chi connectivity index (χ4v) is 2.04. The molecule has 1 fully saturated rings. The first-order valence-electron chi connectivity index (χ1n) is 4.81. The van der Waals surface area contributed by atoms with E-state index in [1.165, 1.54) is 17.8 Å². The number of hydrogen-bond acceptors (Lipinski definition) is 7. The number of hydrogen-bond donors (Lipinski definition) is 4. The first kappa shape index (κ1) is 15.9. The average molecular weight is 285 g/mol. The minimum Gasteiger partial charge on any atom is -0.392 e. The lowest BCUT2D eigenvalue weighted by atomic mass is 9.94. The van der Waals surface area contributed by atoms with Gasteiger partial charge in [0.25, 0.3) is 0 Å². The predicted molar refractivity (Wildman–Crippen MR) is 71.3 cm³/mol. The summed E-state index contributed by atoms with van der Waals surface area (Å²) in [6.45, 7) is 0. The van der Waals surface area contributed by atoms with Crippen molar-refractivity contribution in [1.82, 2.24) is 10.2 Å². The van der Waals surface area contributed by atoms with Gasteiger partial charge in [-0.3, -0.25) is 0 Å². The molecule has 0 bridgehead atoms. The second kappa shape index (κ2) is 8.08. The normalized spacial score (nSPS) is 23.9. The number of nitrogen functional groups attached to an aromatic ring is 1. The summed E-state index contributed by atoms with van der Waals surface area (Å²) in [4.78, 5) is 0. The van der Waals surface area contributed by atoms with Gasteiger partial charge in [-0.1, -0.05) is 24.2 Å². The molecule has 2 unspecified atom stereocenters. The van der Waals surface area contributed by atoms with Crippen LogP contribution in [0.2, 0.25) is 0 Å². The average Bonchev–Trinajstić information content (AvgIpc) is 2.56. The van der Waals surface area contributed by atoms with Crippen LogP contribution in [-0.4, -0.2) is 27.4 Å². The Morgan fingerprint density at radius 2 is 1.94 bits per heavy atom. The topological polar surface area (TPSA) is 98.0 Å². The molecular formula is C8H17ClN4OS2. The third kappa shape index (κ3) is 5.86. The maximum Gasteiger partial charge on any atom is 0.203 e. The van der Waals surface area contributed by atoms with Gasteiger partial charge < -0.3 is 16.6 Å². The van der Waals surface area contributed by atoms with E-state index in [2.05, 4.69) is 22.8 Å². The van der Waals surface area contributed by atoms with E-state index in [9.17, 15) is 0 Å². The van der Waals surface area contributed by atoms with Crippen molar-refractivity contribution >= 4 is 41.5 Å². The Morgan fingerprint density at radius 1 is 1.31 bits per heavy atom. The molecule has 1 aliphatic rings. The van der Waals surface area contributed by atoms with Crippen LogP contribution in [0.4, 0.5) is 5.13 Å². The molecule has 0 spiro atoms. The number of thiol groups is 1. The quantitative estimate of drug-likeness (QED) is 0.535. The van der Waals surface area contributed by atoms with E-state index in [-0.39, 0.29) is 24.6 Å². The van der Waals surface area contributed by atoms with E-state index in [1.807, 2.05) is 0 Å². The van der Waals surface area contributed by atoms with Crippen LogP contribution in [-0.2, 0) is 0 Å². The molecule has 0 amide bonds. The smallest absolute Gasteiger partial charge is 0.203 e. The number of aromatic nitrogens is 2. The largest absolute Gasteiger partial charge is 0.392 e. The maximum absolute atomic E-state index is 9.05. The Labute approximate surface area is 110 Å². The fourth-order valence-electron chi connectivity index (χ4n) is 1.37. The molecular weight excluding hydrogens is 268 g/mol. The lowest BCUT2D eigenvalue weighted by Gasteiger charge is -2.23. The van der Waals surface area contributed by atoms with Crippen molar-refractivity contribution in [1.29, 1.82) is 0 Å². The van der Waals surface area contributed by atoms with Crippen LogP contribution < -0.4 is 11.5 Å². The Bertz CT molecular complexity index is 273. The zero-order valence-corrected chi connectivity index (χ0v) is 11.3. The number of aliphatic hydroxyl groups is 1. The van der Waals surface area contributed by atoms with Gasteiger partial charge in [-0.05, 0) is 12.8 Å². The zero-order chi connectivity index (χ0) is 11.3. The summed E-state index contributed by atoms with van der Waals surface area (Å²) in [6, 6.07) is 0.0590. The predicted octanol–water partition coefficient (Wildman–Crippen LogP) is 1.08. The van der Waals surface area contributed by atoms with E-state index in [0.29, 0.717) is 9.47 Å². The van der Waals surface area contributed by atoms with Gasteiger partial charge in [0.05, 0.1) is 6.10 Å². The van der Waals surface area contributed by atoms with Crippen molar-refractivity contribution in [2.75, 3.05) is 5.73 Å². The third-order valence-electron chi connectivity index (χ3n) is 2.21. The molecule has 8 heteroatoms. The highest BCUT2D eigenvalue weighted by molar-refractivity contribution is 7.82. The molecule has 0 aromatic carbocycles. The molecule has 1 heterocycles. The number of rotatable bonds is 0. The SMILES string of the molecule is Cl.NC1CCCCC1O.Nc1nnc(S)s1. The molecule has 1 aromatic rings. The molecule has 0 saturated heterocycles. The number of nitrogens with zero attached hydrogens (tertiary/aromatic N) is 2. The van der Waals surface area contributed by atoms with Gasteiger partial charge in [-0.25, -0.2) is 0 Å². The summed E-state index contributed by atoms with van der Waals surface area (Å²) in [5.74, 6) is 0. The van der Waals surface area contributed by atoms with Crippen LogP contribution in [0.15, 0.2) is 4.34 Å². The maximum atomic E-state index is 9.05. The van der Waals surface area contributed by atoms with E-state index in [4.69, 9.17) is 16.6 Å². The van der Waals surface area contributed by atoms with Crippen LogP contribution in [0.5, 0.6) is 0 Å². The van der Waals surface area contributed by atoms with Crippen LogP contribution in [0, 0.1) is 0 Å². The molecule has 1 saturated carbocycles. The summed E-state index contributed by atoms with van der Waals surface area (Å²) >= 11 is 5.13. The molecule has 0 aliphatic heterocycles. The van der Waals surface area contributed by atoms with Crippen molar-refractivity contribution in [2.24, 2.45) is 5.73 Å². The monoisotopic (exact) mass is 284 g/mol. The van der Waals surface area contributed by atoms with Gasteiger partial charge in [-0.15, -0.1) is 35.2 Å². The van der Waals surface area contributed by atoms with Gasteiger partial charge in [-0.2, -0.15) is 0 Å². The van der Waals surface area contributed by atoms with E-state index < -0.39 is 0 Å². The molecule has 2 rings (SSSR count). The number of nitrogens with two attached hydrogens (primary N) is 2. The Hall–Kier alpha value is -0.0800. The van der Waals surface area contributed by atoms with Crippen LogP contribution >= 0.6 is 36.4 Å². The number of anilines is 1. The zero-order valence-electron chi connectivity index (χ0n) is 8.74. The molecule has 94 valence electrons. The molecule has 1 aromatic heterocycles. The summed E-state index contributed by atoms with van der Waals surface area (Å²) in [6.07, 6.45) is 4.03. The van der Waals surface area contributed by atoms with Crippen LogP contribution in [0.25, 0.3) is 0 Å². The third-order valence-corrected chi connectivity index (χ3v) is 3.13. The molecule has 5 nitrogen and oxygen atoms in total. The number of aliphatic hydroxyl groups excluding tert-OH is 1. The molecule has 2 atom stereocenters. The summed E-state index contributed by atoms with van der Waals surface area (Å²) in [7, 11) is 0. The Kier molecular flexibility index (Phi) is 8.04. The van der Waals surface area contributed by atoms with Gasteiger partial charge in [0.1, 0.15) is 0 Å². The molecule has 5 N–H and O–H groups in total. The highest BCUT2D eigenvalue weighted by Crippen LogP contribution is 2.15. The van der Waals surface area contributed by atoms with Gasteiger partial charge in [0, 0.05) is 6.04 Å². The second-order valence-corrected chi connectivity index (χ2v) is 5.17. The first-order chi connectivity index (χ1) is 7.09. The first-order valence-corrected chi connectivity index (χ1v) is 6.07. The summed E-state index contributed by atoms with van der Waals surface area (Å²) < 4.78 is 0.609. The fraction of sp³-hybridized carbons (Fsp3) is 0.750. The van der Waals surface area contributed by atoms with E-state index >= 15 is 0 Å². The van der Waals surface area contributed by atoms with E-state index in [0.717, 1.165) is 19.3 Å². The second-order valence-electron chi connectivity index (χ2n) is 3.44. The van der Waals surface area contributed by atoms with Crippen LogP contribution in [0.3, 0.4) is 0 Å². The summed E-state index contributed by atoms with van der Waals surface area (Å²) in [5, 5.41) is 16.5. The minimum absolute atomic E-state index is 0. The van der Waals surface area contributed by atoms with Gasteiger partial charge in [0.2, 0.25) is 5.13 Å². The van der Waals surface area contributed by atoms with Crippen molar-refractivity contribution in [3.05, 3.63) is 0 Å². The number of halogens is 1. The lowest BCUT2D eigenvalue weighted by molar-refractivity contribution is 0.108. The van der Waals surface area contributed by atoms with Crippen LogP contribution in [0.1, 0.15) is 25.7 Å². The molecule has 16 heavy (non-hydrogen) atoms. The Morgan fingerprint density at radius 3 is 2.19 bits per heavy atom. The van der Waals surface area contributed by atoms with Crippen molar-refractivity contribution in [3.8, 4) is 0 Å². The Balaban J connectivity index is 0.000000267. The highest BCUT2D eigenvalue weighted by Gasteiger charge is 2.17. The lowest BCUT2D eigenvalue weighted by Crippen LogP contribution is -2.37. The molecule has 1 aliphatic carbocycles. The van der Waals surface area contributed by atoms with E-state index in [1.54, 1.807) is 0 Å². The summed E-state index contributed by atoms with van der Waals surface area (Å²) in [5.41, 5.74) is 10.7. The minimum atomic E-state index is -0.219. The van der Waals surface area contributed by atoms with Gasteiger partial charge >= 0.3 is 0 Å². The van der Waals surface area contributed by atoms with Crippen molar-refractivity contribution in [2.45, 2.75) is 42.2 Å².